The maximum atomic E-state index is 9.34. The lowest BCUT2D eigenvalue weighted by Gasteiger charge is -2.37. The summed E-state index contributed by atoms with van der Waals surface area (Å²) in [6, 6.07) is 9.71. The lowest BCUT2D eigenvalue weighted by atomic mass is 10.2. The van der Waals surface area contributed by atoms with Crippen LogP contribution in [0.2, 0.25) is 0 Å². The molecule has 1 aliphatic rings. The maximum absolute atomic E-state index is 9.34. The highest BCUT2D eigenvalue weighted by Crippen LogP contribution is 2.26. The Kier molecular flexibility index (Phi) is 4.85. The normalized spacial score (nSPS) is 14.0. The zero-order chi connectivity index (χ0) is 19.5. The van der Waals surface area contributed by atoms with Gasteiger partial charge in [-0.2, -0.15) is 5.26 Å². The number of pyridine rings is 2. The average molecular weight is 371 g/mol. The Morgan fingerprint density at radius 3 is 2.32 bits per heavy atom. The van der Waals surface area contributed by atoms with Crippen molar-refractivity contribution in [3.05, 3.63) is 59.7 Å². The first-order valence-electron chi connectivity index (χ1n) is 9.28. The Labute approximate surface area is 164 Å². The maximum Gasteiger partial charge on any atom is 0.163 e. The second kappa shape index (κ2) is 7.61. The topological polar surface area (TPSA) is 81.8 Å². The van der Waals surface area contributed by atoms with E-state index in [1.807, 2.05) is 25.1 Å². The van der Waals surface area contributed by atoms with Gasteiger partial charge in [-0.15, -0.1) is 0 Å². The first kappa shape index (κ1) is 17.9. The molecule has 28 heavy (non-hydrogen) atoms. The van der Waals surface area contributed by atoms with E-state index in [4.69, 9.17) is 4.98 Å². The molecule has 4 rings (SSSR count). The van der Waals surface area contributed by atoms with Gasteiger partial charge in [0.05, 0.1) is 5.56 Å². The van der Waals surface area contributed by atoms with Gasteiger partial charge >= 0.3 is 0 Å². The van der Waals surface area contributed by atoms with Gasteiger partial charge in [0.15, 0.2) is 5.82 Å². The van der Waals surface area contributed by atoms with E-state index >= 15 is 0 Å². The fourth-order valence-corrected chi connectivity index (χ4v) is 3.41. The molecule has 0 radical (unpaired) electrons. The summed E-state index contributed by atoms with van der Waals surface area (Å²) in [6.07, 6.45) is 5.27. The largest absolute Gasteiger partial charge is 0.353 e. The van der Waals surface area contributed by atoms with E-state index in [0.717, 1.165) is 54.6 Å². The number of aryl methyl sites for hydroxylation is 1. The van der Waals surface area contributed by atoms with Crippen molar-refractivity contribution in [3.8, 4) is 17.5 Å². The third kappa shape index (κ3) is 3.37. The fraction of sp³-hybridized carbons (Fsp3) is 0.286. The van der Waals surface area contributed by atoms with Crippen LogP contribution in [0, 0.1) is 25.2 Å². The van der Waals surface area contributed by atoms with Crippen molar-refractivity contribution in [2.24, 2.45) is 0 Å². The molecule has 0 saturated carbocycles. The Morgan fingerprint density at radius 1 is 0.929 bits per heavy atom. The molecule has 0 amide bonds. The average Bonchev–Trinajstić information content (AvgIpc) is 2.76. The lowest BCUT2D eigenvalue weighted by Crippen LogP contribution is -2.47. The minimum atomic E-state index is 0.615. The molecule has 0 aromatic carbocycles. The van der Waals surface area contributed by atoms with Crippen molar-refractivity contribution in [1.82, 2.24) is 19.9 Å². The smallest absolute Gasteiger partial charge is 0.163 e. The minimum absolute atomic E-state index is 0.615. The number of hydrogen-bond donors (Lipinski definition) is 0. The number of anilines is 2. The van der Waals surface area contributed by atoms with Crippen LogP contribution in [0.5, 0.6) is 0 Å². The van der Waals surface area contributed by atoms with Crippen molar-refractivity contribution in [2.45, 2.75) is 13.8 Å². The summed E-state index contributed by atoms with van der Waals surface area (Å²) in [5.41, 5.74) is 3.60. The van der Waals surface area contributed by atoms with E-state index in [9.17, 15) is 5.26 Å². The van der Waals surface area contributed by atoms with Gasteiger partial charge in [0, 0.05) is 61.6 Å². The number of hydrogen-bond acceptors (Lipinski definition) is 7. The van der Waals surface area contributed by atoms with E-state index in [2.05, 4.69) is 37.7 Å². The second-order valence-corrected chi connectivity index (χ2v) is 6.78. The van der Waals surface area contributed by atoms with Gasteiger partial charge in [-0.1, -0.05) is 0 Å². The molecule has 0 unspecified atom stereocenters. The van der Waals surface area contributed by atoms with Gasteiger partial charge in [-0.3, -0.25) is 4.98 Å². The van der Waals surface area contributed by atoms with Crippen LogP contribution >= 0.6 is 0 Å². The first-order chi connectivity index (χ1) is 13.7. The zero-order valence-corrected chi connectivity index (χ0v) is 16.0. The van der Waals surface area contributed by atoms with E-state index in [1.165, 1.54) is 0 Å². The highest BCUT2D eigenvalue weighted by Gasteiger charge is 2.23. The van der Waals surface area contributed by atoms with Crippen molar-refractivity contribution in [3.63, 3.8) is 0 Å². The quantitative estimate of drug-likeness (QED) is 0.700. The molecule has 3 aromatic heterocycles. The number of nitriles is 1. The van der Waals surface area contributed by atoms with Crippen LogP contribution in [0.25, 0.3) is 11.4 Å². The molecule has 1 fully saturated rings. The molecule has 7 nitrogen and oxygen atoms in total. The van der Waals surface area contributed by atoms with Gasteiger partial charge < -0.3 is 9.80 Å². The predicted octanol–water partition coefficient (Wildman–Crippen LogP) is 2.75. The van der Waals surface area contributed by atoms with E-state index in [-0.39, 0.29) is 0 Å². The first-order valence-corrected chi connectivity index (χ1v) is 9.28. The van der Waals surface area contributed by atoms with Crippen LogP contribution in [-0.4, -0.2) is 46.1 Å². The molecule has 0 atom stereocenters. The minimum Gasteiger partial charge on any atom is -0.353 e. The molecule has 0 bridgehead atoms. The zero-order valence-electron chi connectivity index (χ0n) is 16.0. The van der Waals surface area contributed by atoms with E-state index in [1.54, 1.807) is 24.7 Å². The Hall–Kier alpha value is -3.53. The highest BCUT2D eigenvalue weighted by atomic mass is 15.3. The fourth-order valence-electron chi connectivity index (χ4n) is 3.41. The van der Waals surface area contributed by atoms with Crippen LogP contribution in [0.4, 0.5) is 11.6 Å². The van der Waals surface area contributed by atoms with Crippen LogP contribution in [0.3, 0.4) is 0 Å². The van der Waals surface area contributed by atoms with Crippen molar-refractivity contribution >= 4 is 11.6 Å². The number of aromatic nitrogens is 4. The predicted molar refractivity (Wildman–Crippen MR) is 108 cm³/mol. The number of nitrogens with zero attached hydrogens (tertiary/aromatic N) is 7. The monoisotopic (exact) mass is 371 g/mol. The Morgan fingerprint density at radius 2 is 1.64 bits per heavy atom. The molecule has 4 heterocycles. The highest BCUT2D eigenvalue weighted by molar-refractivity contribution is 5.60. The van der Waals surface area contributed by atoms with Crippen LogP contribution in [-0.2, 0) is 0 Å². The summed E-state index contributed by atoms with van der Waals surface area (Å²) in [5.74, 6) is 2.42. The lowest BCUT2D eigenvalue weighted by molar-refractivity contribution is 0.639. The molecule has 7 heteroatoms. The van der Waals surface area contributed by atoms with Crippen molar-refractivity contribution in [1.29, 1.82) is 5.26 Å². The Bertz CT molecular complexity index is 1020. The van der Waals surface area contributed by atoms with Gasteiger partial charge in [-0.05, 0) is 38.1 Å². The molecular weight excluding hydrogens is 350 g/mol. The standard InChI is InChI=1S/C21H21N7/c1-15-16(2)25-19(18-6-3-7-23-14-18)26-20(15)27-9-11-28(12-10-27)21-17(13-22)5-4-8-24-21/h3-8,14H,9-12H2,1-2H3. The molecule has 3 aromatic rings. The number of rotatable bonds is 3. The van der Waals surface area contributed by atoms with Crippen LogP contribution < -0.4 is 9.80 Å². The SMILES string of the molecule is Cc1nc(-c2cccnc2)nc(N2CCN(c3ncccc3C#N)CC2)c1C. The van der Waals surface area contributed by atoms with Crippen LogP contribution in [0.15, 0.2) is 42.9 Å². The summed E-state index contributed by atoms with van der Waals surface area (Å²) in [5, 5.41) is 9.34. The summed E-state index contributed by atoms with van der Waals surface area (Å²) < 4.78 is 0. The van der Waals surface area contributed by atoms with Gasteiger partial charge in [-0.25, -0.2) is 15.0 Å². The summed E-state index contributed by atoms with van der Waals surface area (Å²) in [4.78, 5) is 22.5. The van der Waals surface area contributed by atoms with Gasteiger partial charge in [0.2, 0.25) is 0 Å². The molecule has 1 saturated heterocycles. The summed E-state index contributed by atoms with van der Waals surface area (Å²) in [6.45, 7) is 7.28. The molecule has 0 N–H and O–H groups in total. The molecular formula is C21H21N7. The molecule has 0 aliphatic carbocycles. The molecule has 1 aliphatic heterocycles. The molecule has 0 spiro atoms. The molecule has 140 valence electrons. The van der Waals surface area contributed by atoms with Crippen molar-refractivity contribution < 1.29 is 0 Å². The van der Waals surface area contributed by atoms with E-state index < -0.39 is 0 Å². The summed E-state index contributed by atoms with van der Waals surface area (Å²) >= 11 is 0. The third-order valence-corrected chi connectivity index (χ3v) is 5.07. The number of piperazine rings is 1. The summed E-state index contributed by atoms with van der Waals surface area (Å²) in [7, 11) is 0. The third-order valence-electron chi connectivity index (χ3n) is 5.07. The Balaban J connectivity index is 1.58. The second-order valence-electron chi connectivity index (χ2n) is 6.78. The van der Waals surface area contributed by atoms with Gasteiger partial charge in [0.1, 0.15) is 17.7 Å². The van der Waals surface area contributed by atoms with Crippen molar-refractivity contribution in [2.75, 3.05) is 36.0 Å². The van der Waals surface area contributed by atoms with Crippen LogP contribution in [0.1, 0.15) is 16.8 Å². The van der Waals surface area contributed by atoms with E-state index in [0.29, 0.717) is 11.4 Å². The van der Waals surface area contributed by atoms with Gasteiger partial charge in [0.25, 0.3) is 0 Å².